The van der Waals surface area contributed by atoms with Crippen LogP contribution in [0.2, 0.25) is 0 Å². The van der Waals surface area contributed by atoms with Gasteiger partial charge in [0.1, 0.15) is 5.37 Å². The number of fused-ring (bicyclic) bond motifs is 1. The Kier molecular flexibility index (Phi) is 3.48. The maximum absolute atomic E-state index is 12.2. The quantitative estimate of drug-likeness (QED) is 0.791. The first kappa shape index (κ1) is 13.6. The minimum absolute atomic E-state index is 0.0428. The Bertz CT molecular complexity index is 796. The molecule has 4 heterocycles. The lowest BCUT2D eigenvalue weighted by Gasteiger charge is -2.12. The van der Waals surface area contributed by atoms with E-state index in [4.69, 9.17) is 0 Å². The van der Waals surface area contributed by atoms with Crippen LogP contribution in [0.25, 0.3) is 0 Å². The van der Waals surface area contributed by atoms with E-state index >= 15 is 0 Å². The maximum atomic E-state index is 12.2. The van der Waals surface area contributed by atoms with Gasteiger partial charge in [-0.25, -0.2) is 0 Å². The predicted molar refractivity (Wildman–Crippen MR) is 90.4 cm³/mol. The Labute approximate surface area is 136 Å². The van der Waals surface area contributed by atoms with Crippen molar-refractivity contribution >= 4 is 34.7 Å². The molecule has 0 radical (unpaired) electrons. The van der Waals surface area contributed by atoms with Crippen molar-refractivity contribution in [3.8, 4) is 0 Å². The first-order valence-corrected chi connectivity index (χ1v) is 8.82. The monoisotopic (exact) mass is 327 g/mol. The van der Waals surface area contributed by atoms with E-state index < -0.39 is 0 Å². The molecule has 0 bridgehead atoms. The van der Waals surface area contributed by atoms with Crippen molar-refractivity contribution in [1.29, 1.82) is 0 Å². The molecule has 1 aliphatic rings. The van der Waals surface area contributed by atoms with E-state index in [2.05, 4.69) is 20.9 Å². The molecular formula is C16H13N3OS2. The van der Waals surface area contributed by atoms with Crippen LogP contribution in [0.5, 0.6) is 0 Å². The highest BCUT2D eigenvalue weighted by atomic mass is 32.2. The number of nitrogens with zero attached hydrogens (tertiary/aromatic N) is 2. The van der Waals surface area contributed by atoms with Crippen LogP contribution in [0.15, 0.2) is 54.3 Å². The van der Waals surface area contributed by atoms with Gasteiger partial charge in [-0.15, -0.1) is 23.1 Å². The van der Waals surface area contributed by atoms with Crippen LogP contribution in [0.1, 0.15) is 26.3 Å². The smallest absolute Gasteiger partial charge is 0.265 e. The molecule has 1 amide bonds. The van der Waals surface area contributed by atoms with Crippen LogP contribution < -0.4 is 5.32 Å². The molecule has 0 aliphatic carbocycles. The van der Waals surface area contributed by atoms with Crippen LogP contribution in [0, 0.1) is 0 Å². The summed E-state index contributed by atoms with van der Waals surface area (Å²) in [7, 11) is 0. The van der Waals surface area contributed by atoms with E-state index in [1.165, 1.54) is 16.9 Å². The molecule has 6 heteroatoms. The van der Waals surface area contributed by atoms with Gasteiger partial charge in [0.05, 0.1) is 16.3 Å². The van der Waals surface area contributed by atoms with Crippen molar-refractivity contribution in [3.05, 3.63) is 70.4 Å². The Morgan fingerprint density at radius 1 is 1.32 bits per heavy atom. The number of hydrogen-bond acceptors (Lipinski definition) is 4. The van der Waals surface area contributed by atoms with Crippen LogP contribution in [0.4, 0.5) is 5.69 Å². The zero-order chi connectivity index (χ0) is 14.9. The molecular weight excluding hydrogens is 314 g/mol. The molecule has 0 saturated carbocycles. The van der Waals surface area contributed by atoms with E-state index in [0.717, 1.165) is 22.0 Å². The van der Waals surface area contributed by atoms with Crippen molar-refractivity contribution in [2.45, 2.75) is 11.1 Å². The summed E-state index contributed by atoms with van der Waals surface area (Å²) in [6, 6.07) is 9.74. The van der Waals surface area contributed by atoms with E-state index in [1.54, 1.807) is 6.20 Å². The summed E-state index contributed by atoms with van der Waals surface area (Å²) in [6.07, 6.45) is 5.72. The second kappa shape index (κ2) is 5.62. The first-order valence-electron chi connectivity index (χ1n) is 6.89. The van der Waals surface area contributed by atoms with Crippen LogP contribution in [-0.4, -0.2) is 15.5 Å². The van der Waals surface area contributed by atoms with Crippen molar-refractivity contribution in [3.63, 3.8) is 0 Å². The molecule has 1 aliphatic heterocycles. The molecule has 3 aromatic rings. The van der Waals surface area contributed by atoms with Crippen LogP contribution in [0.3, 0.4) is 0 Å². The molecule has 4 rings (SSSR count). The third-order valence-corrected chi connectivity index (χ3v) is 5.74. The number of hydrogen-bond donors (Lipinski definition) is 1. The molecule has 0 saturated heterocycles. The molecule has 1 atom stereocenters. The van der Waals surface area contributed by atoms with Gasteiger partial charge >= 0.3 is 0 Å². The number of pyridine rings is 1. The Morgan fingerprint density at radius 2 is 2.27 bits per heavy atom. The third kappa shape index (κ3) is 2.34. The minimum Gasteiger partial charge on any atom is -0.332 e. The lowest BCUT2D eigenvalue weighted by atomic mass is 10.3. The van der Waals surface area contributed by atoms with Crippen molar-refractivity contribution in [2.75, 3.05) is 5.32 Å². The summed E-state index contributed by atoms with van der Waals surface area (Å²) in [4.78, 5) is 17.1. The van der Waals surface area contributed by atoms with E-state index in [1.807, 2.05) is 53.8 Å². The highest BCUT2D eigenvalue weighted by Crippen LogP contribution is 2.43. The molecule has 0 fully saturated rings. The van der Waals surface area contributed by atoms with Gasteiger partial charge in [-0.05, 0) is 23.6 Å². The number of anilines is 1. The zero-order valence-corrected chi connectivity index (χ0v) is 13.2. The number of thiophene rings is 1. The van der Waals surface area contributed by atoms with Crippen LogP contribution in [-0.2, 0) is 5.75 Å². The maximum Gasteiger partial charge on any atom is 0.265 e. The van der Waals surface area contributed by atoms with Gasteiger partial charge in [0.15, 0.2) is 0 Å². The molecule has 110 valence electrons. The van der Waals surface area contributed by atoms with E-state index in [0.29, 0.717) is 0 Å². The van der Waals surface area contributed by atoms with Gasteiger partial charge in [0.25, 0.3) is 5.91 Å². The fraction of sp³-hybridized carbons (Fsp3) is 0.125. The average molecular weight is 327 g/mol. The number of aromatic nitrogens is 2. The van der Waals surface area contributed by atoms with Gasteiger partial charge in [0.2, 0.25) is 0 Å². The Hall–Kier alpha value is -2.05. The van der Waals surface area contributed by atoms with Gasteiger partial charge in [0, 0.05) is 29.9 Å². The summed E-state index contributed by atoms with van der Waals surface area (Å²) in [5.41, 5.74) is 3.24. The largest absolute Gasteiger partial charge is 0.332 e. The van der Waals surface area contributed by atoms with Crippen molar-refractivity contribution in [2.24, 2.45) is 0 Å². The van der Waals surface area contributed by atoms with Gasteiger partial charge in [-0.1, -0.05) is 12.1 Å². The SMILES string of the molecule is O=C(Nc1ccn2c1CSC2c1cccnc1)c1cccs1. The molecule has 1 N–H and O–H groups in total. The number of rotatable bonds is 3. The molecule has 22 heavy (non-hydrogen) atoms. The van der Waals surface area contributed by atoms with Gasteiger partial charge in [-0.2, -0.15) is 0 Å². The summed E-state index contributed by atoms with van der Waals surface area (Å²) in [6.45, 7) is 0. The topological polar surface area (TPSA) is 46.9 Å². The summed E-state index contributed by atoms with van der Waals surface area (Å²) < 4.78 is 2.21. The number of carbonyl (C=O) groups excluding carboxylic acids is 1. The number of nitrogens with one attached hydrogen (secondary N) is 1. The van der Waals surface area contributed by atoms with E-state index in [-0.39, 0.29) is 11.3 Å². The number of carbonyl (C=O) groups is 1. The van der Waals surface area contributed by atoms with Crippen molar-refractivity contribution < 1.29 is 4.79 Å². The number of thioether (sulfide) groups is 1. The fourth-order valence-corrected chi connectivity index (χ4v) is 4.50. The fourth-order valence-electron chi connectivity index (χ4n) is 2.57. The standard InChI is InChI=1S/C16H13N3OS2/c20-15(14-4-2-8-21-14)18-12-5-7-19-13(12)10-22-16(19)11-3-1-6-17-9-11/h1-9,16H,10H2,(H,18,20). The molecule has 0 spiro atoms. The second-order valence-electron chi connectivity index (χ2n) is 4.96. The lowest BCUT2D eigenvalue weighted by molar-refractivity contribution is 0.103. The molecule has 3 aromatic heterocycles. The highest BCUT2D eigenvalue weighted by Gasteiger charge is 2.27. The normalized spacial score (nSPS) is 16.5. The lowest BCUT2D eigenvalue weighted by Crippen LogP contribution is -2.11. The second-order valence-corrected chi connectivity index (χ2v) is 6.98. The molecule has 1 unspecified atom stereocenters. The van der Waals surface area contributed by atoms with Gasteiger partial charge < -0.3 is 9.88 Å². The number of amides is 1. The molecule has 0 aromatic carbocycles. The Balaban J connectivity index is 1.60. The van der Waals surface area contributed by atoms with E-state index in [9.17, 15) is 4.79 Å². The minimum atomic E-state index is -0.0428. The zero-order valence-electron chi connectivity index (χ0n) is 11.6. The summed E-state index contributed by atoms with van der Waals surface area (Å²) >= 11 is 3.30. The van der Waals surface area contributed by atoms with Crippen molar-refractivity contribution in [1.82, 2.24) is 9.55 Å². The first-order chi connectivity index (χ1) is 10.8. The predicted octanol–water partition coefficient (Wildman–Crippen LogP) is 3.99. The average Bonchev–Trinajstić information content (AvgIpc) is 3.27. The van der Waals surface area contributed by atoms with Crippen LogP contribution >= 0.6 is 23.1 Å². The third-order valence-electron chi connectivity index (χ3n) is 3.62. The van der Waals surface area contributed by atoms with Gasteiger partial charge in [-0.3, -0.25) is 9.78 Å². The Morgan fingerprint density at radius 3 is 3.05 bits per heavy atom. The summed E-state index contributed by atoms with van der Waals surface area (Å²) in [5, 5.41) is 5.16. The molecule has 4 nitrogen and oxygen atoms in total. The summed E-state index contributed by atoms with van der Waals surface area (Å²) in [5.74, 6) is 0.839. The highest BCUT2D eigenvalue weighted by molar-refractivity contribution is 7.99.